The van der Waals surface area contributed by atoms with Gasteiger partial charge < -0.3 is 48.5 Å². The van der Waals surface area contributed by atoms with Gasteiger partial charge >= 0.3 is 0 Å². The molecule has 12 heteroatoms. The second-order valence-electron chi connectivity index (χ2n) is 9.83. The summed E-state index contributed by atoms with van der Waals surface area (Å²) >= 11 is 0. The Morgan fingerprint density at radius 1 is 0.488 bits per heavy atom. The third kappa shape index (κ3) is 33.2. The third-order valence-electron chi connectivity index (χ3n) is 5.44. The van der Waals surface area contributed by atoms with Crippen molar-refractivity contribution >= 4 is 11.7 Å². The molecule has 0 saturated carbocycles. The highest BCUT2D eigenvalue weighted by Crippen LogP contribution is 1.98. The SMILES string of the molecule is CC(C)NCCCC(=O)NCCOCCOCCOCCOCCOCCOCCOCCOCCC(=O)C(C)C. The predicted octanol–water partition coefficient (Wildman–Crippen LogP) is 1.63. The number of nitrogens with one attached hydrogen (secondary N) is 2. The average molecular weight is 595 g/mol. The smallest absolute Gasteiger partial charge is 0.220 e. The van der Waals surface area contributed by atoms with Crippen molar-refractivity contribution < 1.29 is 47.5 Å². The van der Waals surface area contributed by atoms with E-state index in [1.165, 1.54) is 0 Å². The van der Waals surface area contributed by atoms with Gasteiger partial charge in [-0.05, 0) is 13.0 Å². The molecule has 1 amide bonds. The Kier molecular flexibility index (Phi) is 30.8. The van der Waals surface area contributed by atoms with E-state index in [1.807, 2.05) is 13.8 Å². The first-order valence-corrected chi connectivity index (χ1v) is 15.1. The van der Waals surface area contributed by atoms with E-state index < -0.39 is 0 Å². The minimum absolute atomic E-state index is 0.0550. The summed E-state index contributed by atoms with van der Waals surface area (Å²) in [5.41, 5.74) is 0. The number of hydrogen-bond acceptors (Lipinski definition) is 11. The molecule has 244 valence electrons. The molecule has 0 aliphatic carbocycles. The van der Waals surface area contributed by atoms with Gasteiger partial charge in [-0.1, -0.05) is 27.7 Å². The van der Waals surface area contributed by atoms with Gasteiger partial charge in [0.25, 0.3) is 0 Å². The lowest BCUT2D eigenvalue weighted by molar-refractivity contribution is -0.123. The van der Waals surface area contributed by atoms with Crippen LogP contribution in [0, 0.1) is 5.92 Å². The predicted molar refractivity (Wildman–Crippen MR) is 156 cm³/mol. The van der Waals surface area contributed by atoms with E-state index in [9.17, 15) is 9.59 Å². The summed E-state index contributed by atoms with van der Waals surface area (Å²) in [4.78, 5) is 23.1. The molecule has 0 aromatic rings. The Morgan fingerprint density at radius 2 is 0.854 bits per heavy atom. The van der Waals surface area contributed by atoms with Crippen molar-refractivity contribution in [3.05, 3.63) is 0 Å². The molecule has 0 saturated heterocycles. The lowest BCUT2D eigenvalue weighted by atomic mass is 10.1. The minimum atomic E-state index is 0.0550. The van der Waals surface area contributed by atoms with Crippen LogP contribution < -0.4 is 10.6 Å². The molecule has 0 atom stereocenters. The molecule has 41 heavy (non-hydrogen) atoms. The Labute approximate surface area is 247 Å². The monoisotopic (exact) mass is 594 g/mol. The molecule has 12 nitrogen and oxygen atoms in total. The molecule has 0 bridgehead atoms. The average Bonchev–Trinajstić information content (AvgIpc) is 2.94. The maximum atomic E-state index is 11.7. The van der Waals surface area contributed by atoms with E-state index in [1.54, 1.807) is 0 Å². The van der Waals surface area contributed by atoms with Gasteiger partial charge in [0.2, 0.25) is 5.91 Å². The van der Waals surface area contributed by atoms with E-state index >= 15 is 0 Å². The van der Waals surface area contributed by atoms with Crippen LogP contribution in [0.1, 0.15) is 47.0 Å². The standard InChI is InChI=1S/C29H58N2O10/c1-26(2)28(32)7-10-34-12-14-36-16-18-38-20-22-40-24-25-41-23-21-39-19-17-37-15-13-35-11-9-31-29(33)6-5-8-30-27(3)4/h26-27,30H,5-25H2,1-4H3,(H,31,33). The third-order valence-corrected chi connectivity index (χ3v) is 5.44. The maximum Gasteiger partial charge on any atom is 0.220 e. The first-order chi connectivity index (χ1) is 19.9. The Morgan fingerprint density at radius 3 is 1.22 bits per heavy atom. The normalized spacial score (nSPS) is 11.6. The van der Waals surface area contributed by atoms with Crippen LogP contribution in [0.3, 0.4) is 0 Å². The topological polar surface area (TPSA) is 132 Å². The zero-order valence-corrected chi connectivity index (χ0v) is 26.1. The van der Waals surface area contributed by atoms with Gasteiger partial charge in [-0.25, -0.2) is 0 Å². The van der Waals surface area contributed by atoms with Gasteiger partial charge in [-0.15, -0.1) is 0 Å². The molecule has 2 N–H and O–H groups in total. The first kappa shape index (κ1) is 39.8. The van der Waals surface area contributed by atoms with Crippen molar-refractivity contribution in [2.75, 3.05) is 119 Å². The fourth-order valence-corrected chi connectivity index (χ4v) is 3.09. The van der Waals surface area contributed by atoms with Gasteiger partial charge in [0, 0.05) is 31.3 Å². The second kappa shape index (κ2) is 31.7. The Balaban J connectivity index is 3.13. The number of carbonyl (C=O) groups excluding carboxylic acids is 2. The van der Waals surface area contributed by atoms with Crippen molar-refractivity contribution in [1.29, 1.82) is 0 Å². The molecule has 0 aromatic carbocycles. The summed E-state index contributed by atoms with van der Waals surface area (Å²) in [5, 5.41) is 6.14. The van der Waals surface area contributed by atoms with Crippen LogP contribution in [-0.4, -0.2) is 137 Å². The number of carbonyl (C=O) groups is 2. The van der Waals surface area contributed by atoms with Crippen LogP contribution in [0.25, 0.3) is 0 Å². The van der Waals surface area contributed by atoms with Crippen LogP contribution in [0.2, 0.25) is 0 Å². The molecular formula is C29H58N2O10. The van der Waals surface area contributed by atoms with Crippen molar-refractivity contribution in [2.24, 2.45) is 5.92 Å². The molecule has 0 aliphatic heterocycles. The molecule has 0 unspecified atom stereocenters. The minimum Gasteiger partial charge on any atom is -0.379 e. The zero-order chi connectivity index (χ0) is 30.2. The number of Topliss-reactive ketones (excluding diaryl/α,β-unsaturated/α-hetero) is 1. The largest absolute Gasteiger partial charge is 0.379 e. The number of hydrogen-bond donors (Lipinski definition) is 2. The fourth-order valence-electron chi connectivity index (χ4n) is 3.09. The number of amides is 1. The van der Waals surface area contributed by atoms with Crippen LogP contribution >= 0.6 is 0 Å². The summed E-state index contributed by atoms with van der Waals surface area (Å²) in [5.74, 6) is 0.333. The highest BCUT2D eigenvalue weighted by atomic mass is 16.6. The van der Waals surface area contributed by atoms with E-state index in [-0.39, 0.29) is 17.6 Å². The molecular weight excluding hydrogens is 536 g/mol. The van der Waals surface area contributed by atoms with Gasteiger partial charge in [-0.3, -0.25) is 9.59 Å². The quantitative estimate of drug-likeness (QED) is 0.107. The van der Waals surface area contributed by atoms with Gasteiger partial charge in [0.05, 0.1) is 106 Å². The lowest BCUT2D eigenvalue weighted by Gasteiger charge is -2.09. The molecule has 0 radical (unpaired) electrons. The summed E-state index contributed by atoms with van der Waals surface area (Å²) in [6, 6.07) is 0.444. The molecule has 0 spiro atoms. The van der Waals surface area contributed by atoms with Gasteiger partial charge in [0.15, 0.2) is 0 Å². The van der Waals surface area contributed by atoms with Gasteiger partial charge in [0.1, 0.15) is 5.78 Å². The molecule has 0 heterocycles. The number of rotatable bonds is 33. The summed E-state index contributed by atoms with van der Waals surface area (Å²) in [6.07, 6.45) is 1.81. The lowest BCUT2D eigenvalue weighted by Crippen LogP contribution is -2.29. The van der Waals surface area contributed by atoms with Gasteiger partial charge in [-0.2, -0.15) is 0 Å². The summed E-state index contributed by atoms with van der Waals surface area (Å²) in [7, 11) is 0. The highest BCUT2D eigenvalue weighted by Gasteiger charge is 2.06. The Bertz CT molecular complexity index is 582. The first-order valence-electron chi connectivity index (χ1n) is 15.1. The van der Waals surface area contributed by atoms with Crippen molar-refractivity contribution in [2.45, 2.75) is 53.0 Å². The van der Waals surface area contributed by atoms with E-state index in [0.717, 1.165) is 13.0 Å². The summed E-state index contributed by atoms with van der Waals surface area (Å²) < 4.78 is 43.5. The van der Waals surface area contributed by atoms with Crippen LogP contribution in [0.4, 0.5) is 0 Å². The summed E-state index contributed by atoms with van der Waals surface area (Å²) in [6.45, 7) is 17.1. The molecule has 0 aliphatic rings. The van der Waals surface area contributed by atoms with Crippen LogP contribution in [0.5, 0.6) is 0 Å². The van der Waals surface area contributed by atoms with Crippen LogP contribution in [-0.2, 0) is 47.5 Å². The second-order valence-corrected chi connectivity index (χ2v) is 9.83. The van der Waals surface area contributed by atoms with E-state index in [4.69, 9.17) is 37.9 Å². The van der Waals surface area contributed by atoms with E-state index in [0.29, 0.717) is 131 Å². The molecule has 0 aromatic heterocycles. The molecule has 0 fully saturated rings. The Hall–Kier alpha value is -1.22. The van der Waals surface area contributed by atoms with Crippen molar-refractivity contribution in [3.8, 4) is 0 Å². The van der Waals surface area contributed by atoms with E-state index in [2.05, 4.69) is 24.5 Å². The maximum absolute atomic E-state index is 11.7. The van der Waals surface area contributed by atoms with Crippen molar-refractivity contribution in [1.82, 2.24) is 10.6 Å². The van der Waals surface area contributed by atoms with Crippen molar-refractivity contribution in [3.63, 3.8) is 0 Å². The number of ether oxygens (including phenoxy) is 8. The highest BCUT2D eigenvalue weighted by molar-refractivity contribution is 5.80. The van der Waals surface area contributed by atoms with Crippen LogP contribution in [0.15, 0.2) is 0 Å². The fraction of sp³-hybridized carbons (Fsp3) is 0.931. The number of ketones is 1. The zero-order valence-electron chi connectivity index (χ0n) is 26.1. The molecule has 0 rings (SSSR count).